The second-order valence-corrected chi connectivity index (χ2v) is 21.8. The predicted molar refractivity (Wildman–Crippen MR) is 293 cm³/mol. The summed E-state index contributed by atoms with van der Waals surface area (Å²) < 4.78 is 16.9. The minimum Gasteiger partial charge on any atom is -0.462 e. The molecule has 1 atom stereocenters. The fourth-order valence-electron chi connectivity index (χ4n) is 9.63. The van der Waals surface area contributed by atoms with Gasteiger partial charge in [-0.05, 0) is 25.2 Å². The maximum Gasteiger partial charge on any atom is 0.306 e. The summed E-state index contributed by atoms with van der Waals surface area (Å²) in [5.41, 5.74) is 0. The van der Waals surface area contributed by atoms with Crippen LogP contribution in [0.3, 0.4) is 0 Å². The van der Waals surface area contributed by atoms with Gasteiger partial charge in [0, 0.05) is 19.3 Å². The van der Waals surface area contributed by atoms with Crippen molar-refractivity contribution in [1.29, 1.82) is 0 Å². The van der Waals surface area contributed by atoms with Crippen molar-refractivity contribution < 1.29 is 28.6 Å². The van der Waals surface area contributed by atoms with Crippen LogP contribution in [0.2, 0.25) is 0 Å². The first kappa shape index (κ1) is 66.4. The molecule has 404 valence electrons. The molecule has 0 aromatic heterocycles. The molecule has 0 saturated carbocycles. The van der Waals surface area contributed by atoms with Gasteiger partial charge in [-0.25, -0.2) is 0 Å². The zero-order valence-corrected chi connectivity index (χ0v) is 46.6. The molecule has 0 aromatic rings. The minimum atomic E-state index is -0.762. The van der Waals surface area contributed by atoms with E-state index in [-0.39, 0.29) is 31.1 Å². The highest BCUT2D eigenvalue weighted by Crippen LogP contribution is 2.18. The minimum absolute atomic E-state index is 0.0613. The van der Waals surface area contributed by atoms with Crippen LogP contribution in [0.25, 0.3) is 0 Å². The molecule has 0 amide bonds. The fraction of sp³-hybridized carbons (Fsp3) is 0.952. The number of ether oxygens (including phenoxy) is 3. The lowest BCUT2D eigenvalue weighted by Crippen LogP contribution is -2.30. The van der Waals surface area contributed by atoms with Gasteiger partial charge in [0.2, 0.25) is 0 Å². The van der Waals surface area contributed by atoms with E-state index in [1.165, 1.54) is 250 Å². The summed E-state index contributed by atoms with van der Waals surface area (Å²) in [6.07, 6.45) is 62.4. The van der Waals surface area contributed by atoms with Crippen molar-refractivity contribution in [3.8, 4) is 0 Å². The molecular formula is C62H120O6. The summed E-state index contributed by atoms with van der Waals surface area (Å²) in [6, 6.07) is 0. The van der Waals surface area contributed by atoms with Gasteiger partial charge >= 0.3 is 17.9 Å². The number of hydrogen-bond donors (Lipinski definition) is 0. The van der Waals surface area contributed by atoms with E-state index in [4.69, 9.17) is 14.2 Å². The van der Waals surface area contributed by atoms with Gasteiger partial charge in [0.15, 0.2) is 6.10 Å². The maximum absolute atomic E-state index is 12.9. The van der Waals surface area contributed by atoms with Gasteiger partial charge in [-0.3, -0.25) is 14.4 Å². The van der Waals surface area contributed by atoms with Gasteiger partial charge < -0.3 is 14.2 Å². The second-order valence-electron chi connectivity index (χ2n) is 21.8. The Morgan fingerprint density at radius 1 is 0.279 bits per heavy atom. The highest BCUT2D eigenvalue weighted by Gasteiger charge is 2.19. The van der Waals surface area contributed by atoms with Crippen molar-refractivity contribution >= 4 is 17.9 Å². The van der Waals surface area contributed by atoms with Gasteiger partial charge in [0.05, 0.1) is 0 Å². The quantitative estimate of drug-likeness (QED) is 0.0343. The summed E-state index contributed by atoms with van der Waals surface area (Å²) in [7, 11) is 0. The Balaban J connectivity index is 4.24. The first-order valence-electron chi connectivity index (χ1n) is 30.9. The number of carbonyl (C=O) groups is 3. The molecule has 0 fully saturated rings. The van der Waals surface area contributed by atoms with Crippen LogP contribution in [0.1, 0.15) is 355 Å². The van der Waals surface area contributed by atoms with E-state index in [2.05, 4.69) is 27.7 Å². The topological polar surface area (TPSA) is 78.9 Å². The lowest BCUT2D eigenvalue weighted by Gasteiger charge is -2.18. The lowest BCUT2D eigenvalue weighted by molar-refractivity contribution is -0.167. The third-order valence-electron chi connectivity index (χ3n) is 14.3. The van der Waals surface area contributed by atoms with Crippen LogP contribution in [-0.2, 0) is 28.6 Å². The first-order valence-corrected chi connectivity index (χ1v) is 30.9. The number of rotatable bonds is 57. The summed E-state index contributed by atoms with van der Waals surface area (Å²) in [4.78, 5) is 38.2. The fourth-order valence-corrected chi connectivity index (χ4v) is 9.63. The summed E-state index contributed by atoms with van der Waals surface area (Å²) in [6.45, 7) is 9.09. The van der Waals surface area contributed by atoms with E-state index in [0.29, 0.717) is 19.3 Å². The molecule has 0 saturated heterocycles. The van der Waals surface area contributed by atoms with E-state index in [1.54, 1.807) is 0 Å². The summed E-state index contributed by atoms with van der Waals surface area (Å²) in [5, 5.41) is 0. The van der Waals surface area contributed by atoms with Crippen molar-refractivity contribution in [3.05, 3.63) is 0 Å². The summed E-state index contributed by atoms with van der Waals surface area (Å²) in [5.74, 6) is 0.0294. The van der Waals surface area contributed by atoms with Gasteiger partial charge in [-0.2, -0.15) is 0 Å². The second kappa shape index (κ2) is 56.3. The Kier molecular flexibility index (Phi) is 55.0. The highest BCUT2D eigenvalue weighted by atomic mass is 16.6. The molecule has 68 heavy (non-hydrogen) atoms. The molecule has 0 aromatic carbocycles. The zero-order chi connectivity index (χ0) is 49.5. The van der Waals surface area contributed by atoms with E-state index < -0.39 is 6.10 Å². The molecule has 6 heteroatoms. The Bertz CT molecular complexity index is 1030. The molecule has 0 unspecified atom stereocenters. The van der Waals surface area contributed by atoms with E-state index in [9.17, 15) is 14.4 Å². The Morgan fingerprint density at radius 3 is 0.721 bits per heavy atom. The zero-order valence-electron chi connectivity index (χ0n) is 46.6. The largest absolute Gasteiger partial charge is 0.462 e. The number of esters is 3. The van der Waals surface area contributed by atoms with Crippen LogP contribution in [0.4, 0.5) is 0 Å². The molecule has 0 bridgehead atoms. The Hall–Kier alpha value is -1.59. The molecule has 0 radical (unpaired) electrons. The Labute approximate surface area is 425 Å². The van der Waals surface area contributed by atoms with Crippen LogP contribution in [0, 0.1) is 5.92 Å². The third-order valence-corrected chi connectivity index (χ3v) is 14.3. The standard InChI is InChI=1S/C62H120O6/c1-5-7-9-11-13-15-17-19-25-31-35-39-43-47-51-55-62(65)68-59(56-66-60(63)53-49-45-41-37-33-29-20-18-16-14-12-10-8-6-2)57-67-61(64)54-50-46-42-38-34-30-27-24-22-21-23-26-28-32-36-40-44-48-52-58(3)4/h58-59H,5-57H2,1-4H3/t59-/m0/s1. The van der Waals surface area contributed by atoms with E-state index in [1.807, 2.05) is 0 Å². The molecule has 0 N–H and O–H groups in total. The normalized spacial score (nSPS) is 12.0. The molecular weight excluding hydrogens is 841 g/mol. The number of hydrogen-bond acceptors (Lipinski definition) is 6. The van der Waals surface area contributed by atoms with E-state index in [0.717, 1.165) is 63.7 Å². The average Bonchev–Trinajstić information content (AvgIpc) is 3.32. The van der Waals surface area contributed by atoms with Gasteiger partial charge in [0.1, 0.15) is 13.2 Å². The summed E-state index contributed by atoms with van der Waals surface area (Å²) >= 11 is 0. The SMILES string of the molecule is CCCCCCCCCCCCCCCCCC(=O)O[C@@H](COC(=O)CCCCCCCCCCCCCCCC)COC(=O)CCCCCCCCCCCCCCCCCCCCC(C)C. The monoisotopic (exact) mass is 961 g/mol. The molecule has 0 spiro atoms. The molecule has 0 rings (SSSR count). The molecule has 0 aliphatic heterocycles. The molecule has 0 heterocycles. The number of carbonyl (C=O) groups excluding carboxylic acids is 3. The van der Waals surface area contributed by atoms with Gasteiger partial charge in [-0.15, -0.1) is 0 Å². The van der Waals surface area contributed by atoms with Crippen molar-refractivity contribution in [3.63, 3.8) is 0 Å². The van der Waals surface area contributed by atoms with Crippen molar-refractivity contribution in [1.82, 2.24) is 0 Å². The maximum atomic E-state index is 12.9. The number of unbranched alkanes of at least 4 members (excludes halogenated alkanes) is 44. The van der Waals surface area contributed by atoms with Crippen molar-refractivity contribution in [2.75, 3.05) is 13.2 Å². The molecule has 0 aliphatic carbocycles. The third kappa shape index (κ3) is 55.3. The van der Waals surface area contributed by atoms with Crippen LogP contribution in [0.15, 0.2) is 0 Å². The van der Waals surface area contributed by atoms with Gasteiger partial charge in [0.25, 0.3) is 0 Å². The average molecular weight is 962 g/mol. The smallest absolute Gasteiger partial charge is 0.306 e. The van der Waals surface area contributed by atoms with Crippen LogP contribution in [0.5, 0.6) is 0 Å². The van der Waals surface area contributed by atoms with Crippen molar-refractivity contribution in [2.45, 2.75) is 361 Å². The highest BCUT2D eigenvalue weighted by molar-refractivity contribution is 5.71. The first-order chi connectivity index (χ1) is 33.4. The lowest BCUT2D eigenvalue weighted by atomic mass is 10.0. The van der Waals surface area contributed by atoms with Crippen LogP contribution >= 0.6 is 0 Å². The van der Waals surface area contributed by atoms with E-state index >= 15 is 0 Å². The van der Waals surface area contributed by atoms with Gasteiger partial charge in [-0.1, -0.05) is 317 Å². The van der Waals surface area contributed by atoms with Crippen molar-refractivity contribution in [2.24, 2.45) is 5.92 Å². The Morgan fingerprint density at radius 2 is 0.485 bits per heavy atom. The molecule has 0 aliphatic rings. The predicted octanol–water partition coefficient (Wildman–Crippen LogP) is 20.6. The van der Waals surface area contributed by atoms with Crippen LogP contribution < -0.4 is 0 Å². The van der Waals surface area contributed by atoms with Crippen LogP contribution in [-0.4, -0.2) is 37.2 Å². The molecule has 6 nitrogen and oxygen atoms in total.